The molecule has 0 fully saturated rings. The first kappa shape index (κ1) is 47.3. The normalized spacial score (nSPS) is 13.7. The number of halogens is 1. The smallest absolute Gasteiger partial charge is 0.408 e. The van der Waals surface area contributed by atoms with Crippen molar-refractivity contribution < 1.29 is 60.9 Å². The number of ether oxygens (including phenoxy) is 4. The Morgan fingerprint density at radius 2 is 1.20 bits per heavy atom. The summed E-state index contributed by atoms with van der Waals surface area (Å²) < 4.78 is 43.3. The molecule has 4 amide bonds. The first-order chi connectivity index (χ1) is 25.4. The summed E-state index contributed by atoms with van der Waals surface area (Å²) in [5.41, 5.74) is 0.668. The standard InChI is InChI=1S/C35H51ClN4O13S/c1-7-50-28(41)17-15-25(38-32(44)26(16-18-29(42)51-8-2)39-35(47)53-21-23-13-11-10-12-14-23)33(45)40-31(22(4)5)34(46)37-24(20-30(43)52-9-3)19-27(36)54(6,48)49/h10-14,19,22,24-26,31H,7-9,15-18,20-21H2,1-6H3,(H,37,46)(H,38,44)(H,39,47)(H,40,45). The van der Waals surface area contributed by atoms with Crippen molar-refractivity contribution >= 4 is 63.2 Å². The molecule has 0 bridgehead atoms. The first-order valence-corrected chi connectivity index (χ1v) is 19.6. The quantitative estimate of drug-likeness (QED) is 0.0918. The Hall–Kier alpha value is -4.71. The molecule has 0 aliphatic carbocycles. The number of carbonyl (C=O) groups excluding carboxylic acids is 7. The lowest BCUT2D eigenvalue weighted by Gasteiger charge is -2.27. The summed E-state index contributed by atoms with van der Waals surface area (Å²) in [5, 5.41) is 9.92. The van der Waals surface area contributed by atoms with E-state index in [2.05, 4.69) is 21.3 Å². The van der Waals surface area contributed by atoms with E-state index in [1.54, 1.807) is 65.0 Å². The Kier molecular flexibility index (Phi) is 21.5. The minimum Gasteiger partial charge on any atom is -0.466 e. The highest BCUT2D eigenvalue weighted by Crippen LogP contribution is 2.14. The van der Waals surface area contributed by atoms with Gasteiger partial charge in [-0.05, 0) is 51.2 Å². The second-order valence-electron chi connectivity index (χ2n) is 12.1. The van der Waals surface area contributed by atoms with E-state index in [0.29, 0.717) is 5.56 Å². The van der Waals surface area contributed by atoms with E-state index in [0.717, 1.165) is 12.3 Å². The van der Waals surface area contributed by atoms with Crippen molar-refractivity contribution in [2.75, 3.05) is 26.1 Å². The second-order valence-corrected chi connectivity index (χ2v) is 14.7. The molecule has 17 nitrogen and oxygen atoms in total. The lowest BCUT2D eigenvalue weighted by Crippen LogP contribution is -2.58. The second kappa shape index (κ2) is 24.6. The van der Waals surface area contributed by atoms with Crippen molar-refractivity contribution in [3.8, 4) is 0 Å². The summed E-state index contributed by atoms with van der Waals surface area (Å²) in [6, 6.07) is 3.25. The van der Waals surface area contributed by atoms with Crippen LogP contribution in [0.3, 0.4) is 0 Å². The first-order valence-electron chi connectivity index (χ1n) is 17.3. The molecule has 4 atom stereocenters. The molecule has 302 valence electrons. The summed E-state index contributed by atoms with van der Waals surface area (Å²) in [7, 11) is -3.91. The van der Waals surface area contributed by atoms with Crippen LogP contribution in [-0.4, -0.2) is 100 Å². The van der Waals surface area contributed by atoms with Gasteiger partial charge in [0, 0.05) is 19.1 Å². The van der Waals surface area contributed by atoms with Gasteiger partial charge in [-0.25, -0.2) is 13.2 Å². The fraction of sp³-hybridized carbons (Fsp3) is 0.571. The van der Waals surface area contributed by atoms with Crippen LogP contribution >= 0.6 is 11.6 Å². The van der Waals surface area contributed by atoms with Gasteiger partial charge in [-0.3, -0.25) is 28.8 Å². The van der Waals surface area contributed by atoms with Crippen molar-refractivity contribution in [3.05, 3.63) is 46.3 Å². The third-order valence-corrected chi connectivity index (χ3v) is 9.10. The molecule has 54 heavy (non-hydrogen) atoms. The molecule has 1 aromatic carbocycles. The van der Waals surface area contributed by atoms with Gasteiger partial charge < -0.3 is 40.2 Å². The van der Waals surface area contributed by atoms with Gasteiger partial charge in [0.25, 0.3) is 0 Å². The van der Waals surface area contributed by atoms with Gasteiger partial charge in [-0.15, -0.1) is 0 Å². The number of esters is 3. The third-order valence-electron chi connectivity index (χ3n) is 7.29. The molecule has 0 saturated heterocycles. The molecule has 1 rings (SSSR count). The largest absolute Gasteiger partial charge is 0.466 e. The molecule has 0 aromatic heterocycles. The number of carbonyl (C=O) groups is 7. The van der Waals surface area contributed by atoms with Crippen molar-refractivity contribution in [2.45, 2.75) is 97.5 Å². The number of alkyl carbamates (subject to hydrolysis) is 1. The van der Waals surface area contributed by atoms with Gasteiger partial charge in [0.05, 0.1) is 32.3 Å². The fourth-order valence-corrected chi connectivity index (χ4v) is 5.17. The van der Waals surface area contributed by atoms with Crippen LogP contribution in [0.5, 0.6) is 0 Å². The summed E-state index contributed by atoms with van der Waals surface area (Å²) in [6.07, 6.45) is -0.857. The highest BCUT2D eigenvalue weighted by Gasteiger charge is 2.33. The van der Waals surface area contributed by atoms with Gasteiger partial charge in [0.15, 0.2) is 9.84 Å². The number of sulfone groups is 1. The van der Waals surface area contributed by atoms with E-state index in [9.17, 15) is 42.0 Å². The Morgan fingerprint density at radius 3 is 1.70 bits per heavy atom. The maximum Gasteiger partial charge on any atom is 0.408 e. The van der Waals surface area contributed by atoms with Gasteiger partial charge in [-0.2, -0.15) is 0 Å². The van der Waals surface area contributed by atoms with E-state index in [4.69, 9.17) is 30.5 Å². The molecule has 4 unspecified atom stereocenters. The Morgan fingerprint density at radius 1 is 0.704 bits per heavy atom. The van der Waals surface area contributed by atoms with Gasteiger partial charge in [0.2, 0.25) is 17.7 Å². The van der Waals surface area contributed by atoms with Crippen LogP contribution in [0.4, 0.5) is 4.79 Å². The summed E-state index contributed by atoms with van der Waals surface area (Å²) in [5.74, 6) is -5.37. The van der Waals surface area contributed by atoms with Crippen molar-refractivity contribution in [3.63, 3.8) is 0 Å². The average Bonchev–Trinajstić information content (AvgIpc) is 3.09. The molecular weight excluding hydrogens is 752 g/mol. The Balaban J connectivity index is 3.33. The zero-order valence-electron chi connectivity index (χ0n) is 31.3. The monoisotopic (exact) mass is 802 g/mol. The predicted octanol–water partition coefficient (Wildman–Crippen LogP) is 2.16. The molecule has 19 heteroatoms. The summed E-state index contributed by atoms with van der Waals surface area (Å²) in [6.45, 7) is 7.93. The predicted molar refractivity (Wildman–Crippen MR) is 196 cm³/mol. The Labute approximate surface area is 320 Å². The number of rotatable bonds is 23. The number of benzene rings is 1. The molecule has 0 aliphatic rings. The highest BCUT2D eigenvalue weighted by atomic mass is 35.5. The third kappa shape index (κ3) is 18.9. The summed E-state index contributed by atoms with van der Waals surface area (Å²) >= 11 is 5.92. The lowest BCUT2D eigenvalue weighted by atomic mass is 10.0. The minimum atomic E-state index is -3.91. The molecule has 4 N–H and O–H groups in total. The zero-order valence-corrected chi connectivity index (χ0v) is 32.9. The molecule has 0 heterocycles. The molecular formula is C35H51ClN4O13S. The maximum atomic E-state index is 13.8. The van der Waals surface area contributed by atoms with Gasteiger partial charge in [0.1, 0.15) is 29.1 Å². The van der Waals surface area contributed by atoms with Gasteiger partial charge >= 0.3 is 24.0 Å². The van der Waals surface area contributed by atoms with E-state index >= 15 is 0 Å². The van der Waals surface area contributed by atoms with Crippen LogP contribution in [-0.2, 0) is 64.2 Å². The highest BCUT2D eigenvalue weighted by molar-refractivity contribution is 7.96. The fourth-order valence-electron chi connectivity index (χ4n) is 4.60. The van der Waals surface area contributed by atoms with Crippen LogP contribution in [0.1, 0.15) is 72.3 Å². The molecule has 0 aliphatic heterocycles. The van der Waals surface area contributed by atoms with Crippen LogP contribution in [0.15, 0.2) is 40.8 Å². The van der Waals surface area contributed by atoms with Crippen LogP contribution in [0, 0.1) is 5.92 Å². The Bertz CT molecular complexity index is 1570. The topological polar surface area (TPSA) is 239 Å². The number of amides is 4. The van der Waals surface area contributed by atoms with Crippen LogP contribution < -0.4 is 21.3 Å². The molecule has 0 saturated carbocycles. The molecule has 0 spiro atoms. The van der Waals surface area contributed by atoms with Crippen LogP contribution in [0.25, 0.3) is 0 Å². The number of hydrogen-bond acceptors (Lipinski definition) is 13. The van der Waals surface area contributed by atoms with Crippen molar-refractivity contribution in [2.24, 2.45) is 5.92 Å². The van der Waals surface area contributed by atoms with Crippen LogP contribution in [0.2, 0.25) is 0 Å². The average molecular weight is 803 g/mol. The number of nitrogens with one attached hydrogen (secondary N) is 4. The molecule has 1 aromatic rings. The van der Waals surface area contributed by atoms with Gasteiger partial charge in [-0.1, -0.05) is 55.8 Å². The van der Waals surface area contributed by atoms with E-state index in [1.807, 2.05) is 0 Å². The van der Waals surface area contributed by atoms with E-state index in [1.165, 1.54) is 0 Å². The zero-order chi connectivity index (χ0) is 40.8. The van der Waals surface area contributed by atoms with E-state index < -0.39 is 92.4 Å². The summed E-state index contributed by atoms with van der Waals surface area (Å²) in [4.78, 5) is 90.3. The SMILES string of the molecule is CCOC(=O)CCC(NC(=O)OCc1ccccc1)C(=O)NC(CCC(=O)OCC)C(=O)NC(C(=O)NC(C=C(Cl)S(C)(=O)=O)CC(=O)OCC)C(C)C. The minimum absolute atomic E-state index is 0.0146. The molecule has 0 radical (unpaired) electrons. The maximum absolute atomic E-state index is 13.8. The number of hydrogen-bond donors (Lipinski definition) is 4. The van der Waals surface area contributed by atoms with E-state index in [-0.39, 0.29) is 52.1 Å². The van der Waals surface area contributed by atoms with Crippen molar-refractivity contribution in [1.82, 2.24) is 21.3 Å². The lowest BCUT2D eigenvalue weighted by molar-refractivity contribution is -0.145. The van der Waals surface area contributed by atoms with Crippen molar-refractivity contribution in [1.29, 1.82) is 0 Å².